The van der Waals surface area contributed by atoms with Crippen LogP contribution in [-0.2, 0) is 0 Å². The Morgan fingerprint density at radius 2 is 2.22 bits per heavy atom. The molecule has 0 aliphatic heterocycles. The molecule has 0 spiro atoms. The molecule has 0 saturated carbocycles. The van der Waals surface area contributed by atoms with Gasteiger partial charge in [0.15, 0.2) is 0 Å². The smallest absolute Gasteiger partial charge is 0.210 e. The maximum atomic E-state index is 9.46. The lowest BCUT2D eigenvalue weighted by Crippen LogP contribution is -2.32. The third kappa shape index (κ3) is 3.45. The summed E-state index contributed by atoms with van der Waals surface area (Å²) >= 11 is 3.34. The van der Waals surface area contributed by atoms with Crippen LogP contribution in [0.4, 0.5) is 11.4 Å². The SMILES string of the molecule is [C-]#[N+]c1cc(C(CO)NC(C)CC)cc(Br)c1N. The summed E-state index contributed by atoms with van der Waals surface area (Å²) < 4.78 is 0.690. The summed E-state index contributed by atoms with van der Waals surface area (Å²) in [6.07, 6.45) is 0.975. The molecule has 4 N–H and O–H groups in total. The highest BCUT2D eigenvalue weighted by molar-refractivity contribution is 9.10. The molecule has 2 atom stereocenters. The van der Waals surface area contributed by atoms with Crippen molar-refractivity contribution in [3.63, 3.8) is 0 Å². The highest BCUT2D eigenvalue weighted by atomic mass is 79.9. The van der Waals surface area contributed by atoms with Gasteiger partial charge in [0.2, 0.25) is 5.69 Å². The largest absolute Gasteiger partial charge is 0.406 e. The van der Waals surface area contributed by atoms with Gasteiger partial charge >= 0.3 is 0 Å². The number of nitrogens with one attached hydrogen (secondary N) is 1. The summed E-state index contributed by atoms with van der Waals surface area (Å²) in [6, 6.07) is 3.69. The molecule has 0 saturated heterocycles. The minimum atomic E-state index is -0.183. The van der Waals surface area contributed by atoms with Crippen molar-refractivity contribution in [2.24, 2.45) is 0 Å². The second kappa shape index (κ2) is 6.74. The van der Waals surface area contributed by atoms with Crippen molar-refractivity contribution in [1.82, 2.24) is 5.32 Å². The first-order valence-corrected chi connectivity index (χ1v) is 6.66. The lowest BCUT2D eigenvalue weighted by atomic mass is 10.0. The molecule has 0 aliphatic rings. The van der Waals surface area contributed by atoms with Crippen molar-refractivity contribution in [2.75, 3.05) is 12.3 Å². The van der Waals surface area contributed by atoms with E-state index in [1.165, 1.54) is 0 Å². The summed E-state index contributed by atoms with van der Waals surface area (Å²) in [4.78, 5) is 3.39. The van der Waals surface area contributed by atoms with Crippen LogP contribution in [0.3, 0.4) is 0 Å². The number of nitrogen functional groups attached to an aromatic ring is 1. The quantitative estimate of drug-likeness (QED) is 0.578. The van der Waals surface area contributed by atoms with Gasteiger partial charge in [-0.25, -0.2) is 4.85 Å². The Kier molecular flexibility index (Phi) is 5.60. The minimum absolute atomic E-state index is 0.0157. The van der Waals surface area contributed by atoms with Crippen LogP contribution in [0.5, 0.6) is 0 Å². The average molecular weight is 312 g/mol. The average Bonchev–Trinajstić information content (AvgIpc) is 2.38. The molecule has 0 fully saturated rings. The van der Waals surface area contributed by atoms with Gasteiger partial charge in [-0.2, -0.15) is 0 Å². The third-order valence-corrected chi connectivity index (χ3v) is 3.59. The van der Waals surface area contributed by atoms with Crippen molar-refractivity contribution in [3.8, 4) is 0 Å². The van der Waals surface area contributed by atoms with Crippen LogP contribution < -0.4 is 11.1 Å². The molecule has 0 bridgehead atoms. The monoisotopic (exact) mass is 311 g/mol. The second-order valence-corrected chi connectivity index (χ2v) is 5.11. The predicted molar refractivity (Wildman–Crippen MR) is 77.5 cm³/mol. The minimum Gasteiger partial charge on any atom is -0.406 e. The third-order valence-electron chi connectivity index (χ3n) is 2.93. The van der Waals surface area contributed by atoms with Crippen molar-refractivity contribution < 1.29 is 5.11 Å². The number of nitrogens with two attached hydrogens (primary N) is 1. The van der Waals surface area contributed by atoms with Crippen molar-refractivity contribution >= 4 is 27.3 Å². The Labute approximate surface area is 116 Å². The number of hydrogen-bond acceptors (Lipinski definition) is 3. The maximum absolute atomic E-state index is 9.46. The lowest BCUT2D eigenvalue weighted by Gasteiger charge is -2.22. The topological polar surface area (TPSA) is 62.6 Å². The molecule has 1 aromatic carbocycles. The van der Waals surface area contributed by atoms with Gasteiger partial charge in [0, 0.05) is 10.5 Å². The zero-order valence-electron chi connectivity index (χ0n) is 10.6. The van der Waals surface area contributed by atoms with E-state index in [2.05, 4.69) is 39.9 Å². The van der Waals surface area contributed by atoms with E-state index in [9.17, 15) is 5.11 Å². The molecule has 18 heavy (non-hydrogen) atoms. The molecule has 1 rings (SSSR count). The van der Waals surface area contributed by atoms with E-state index in [1.807, 2.05) is 6.07 Å². The van der Waals surface area contributed by atoms with Crippen LogP contribution in [0.15, 0.2) is 16.6 Å². The Morgan fingerprint density at radius 3 is 2.72 bits per heavy atom. The zero-order valence-corrected chi connectivity index (χ0v) is 12.2. The number of aliphatic hydroxyl groups excluding tert-OH is 1. The number of nitrogens with zero attached hydrogens (tertiary/aromatic N) is 1. The molecular weight excluding hydrogens is 294 g/mol. The lowest BCUT2D eigenvalue weighted by molar-refractivity contribution is 0.234. The highest BCUT2D eigenvalue weighted by Gasteiger charge is 2.15. The molecule has 2 unspecified atom stereocenters. The number of rotatable bonds is 5. The molecule has 5 heteroatoms. The van der Waals surface area contributed by atoms with Gasteiger partial charge in [-0.05, 0) is 31.0 Å². The fraction of sp³-hybridized carbons (Fsp3) is 0.462. The molecule has 4 nitrogen and oxygen atoms in total. The Morgan fingerprint density at radius 1 is 1.56 bits per heavy atom. The van der Waals surface area contributed by atoms with E-state index < -0.39 is 0 Å². The van der Waals surface area contributed by atoms with Crippen molar-refractivity contribution in [3.05, 3.63) is 33.6 Å². The standard InChI is InChI=1S/C13H18BrN3O/c1-4-8(2)17-12(7-18)9-5-10(14)13(15)11(6-9)16-3/h5-6,8,12,17-18H,4,7,15H2,1-2H3. The first kappa shape index (κ1) is 15.0. The predicted octanol–water partition coefficient (Wildman–Crippen LogP) is 3.00. The summed E-state index contributed by atoms with van der Waals surface area (Å²) in [5, 5.41) is 12.8. The Bertz CT molecular complexity index is 456. The van der Waals surface area contributed by atoms with Gasteiger partial charge in [0.05, 0.1) is 24.9 Å². The molecular formula is C13H18BrN3O. The fourth-order valence-electron chi connectivity index (χ4n) is 1.63. The van der Waals surface area contributed by atoms with Crippen LogP contribution in [-0.4, -0.2) is 17.8 Å². The van der Waals surface area contributed by atoms with Crippen LogP contribution in [0, 0.1) is 6.57 Å². The van der Waals surface area contributed by atoms with Gasteiger partial charge in [-0.3, -0.25) is 0 Å². The number of halogens is 1. The molecule has 0 aromatic heterocycles. The molecule has 0 amide bonds. The molecule has 98 valence electrons. The van der Waals surface area contributed by atoms with Gasteiger partial charge in [0.25, 0.3) is 0 Å². The Balaban J connectivity index is 3.07. The van der Waals surface area contributed by atoms with Crippen LogP contribution in [0.2, 0.25) is 0 Å². The zero-order chi connectivity index (χ0) is 13.7. The van der Waals surface area contributed by atoms with Crippen molar-refractivity contribution in [1.29, 1.82) is 0 Å². The summed E-state index contributed by atoms with van der Waals surface area (Å²) in [6.45, 7) is 11.2. The first-order chi connectivity index (χ1) is 8.53. The van der Waals surface area contributed by atoms with E-state index in [4.69, 9.17) is 12.3 Å². The normalized spacial score (nSPS) is 13.9. The number of anilines is 1. The second-order valence-electron chi connectivity index (χ2n) is 4.26. The highest BCUT2D eigenvalue weighted by Crippen LogP contribution is 2.33. The van der Waals surface area contributed by atoms with E-state index in [1.54, 1.807) is 6.07 Å². The van der Waals surface area contributed by atoms with Gasteiger partial charge in [-0.15, -0.1) is 0 Å². The molecule has 0 aliphatic carbocycles. The van der Waals surface area contributed by atoms with Gasteiger partial charge in [0.1, 0.15) is 0 Å². The van der Waals surface area contributed by atoms with Gasteiger partial charge in [-0.1, -0.05) is 22.9 Å². The van der Waals surface area contributed by atoms with E-state index in [0.29, 0.717) is 21.9 Å². The number of benzene rings is 1. The molecule has 0 radical (unpaired) electrons. The van der Waals surface area contributed by atoms with Crippen LogP contribution >= 0.6 is 15.9 Å². The van der Waals surface area contributed by atoms with Crippen LogP contribution in [0.1, 0.15) is 31.9 Å². The summed E-state index contributed by atoms with van der Waals surface area (Å²) in [5.41, 5.74) is 7.50. The first-order valence-electron chi connectivity index (χ1n) is 5.86. The van der Waals surface area contributed by atoms with E-state index in [0.717, 1.165) is 12.0 Å². The molecule has 0 heterocycles. The summed E-state index contributed by atoms with van der Waals surface area (Å²) in [5.74, 6) is 0. The Hall–Kier alpha value is -1.09. The van der Waals surface area contributed by atoms with E-state index in [-0.39, 0.29) is 12.6 Å². The van der Waals surface area contributed by atoms with Crippen LogP contribution in [0.25, 0.3) is 4.85 Å². The van der Waals surface area contributed by atoms with Crippen molar-refractivity contribution in [2.45, 2.75) is 32.4 Å². The number of hydrogen-bond donors (Lipinski definition) is 3. The van der Waals surface area contributed by atoms with Gasteiger partial charge < -0.3 is 16.2 Å². The maximum Gasteiger partial charge on any atom is 0.210 e. The molecule has 1 aromatic rings. The number of aliphatic hydroxyl groups is 1. The fourth-order valence-corrected chi connectivity index (χ4v) is 2.10. The van der Waals surface area contributed by atoms with E-state index >= 15 is 0 Å². The summed E-state index contributed by atoms with van der Waals surface area (Å²) in [7, 11) is 0.